The van der Waals surface area contributed by atoms with Gasteiger partial charge in [-0.3, -0.25) is 4.79 Å². The number of carbonyl (C=O) groups excluding carboxylic acids is 1. The van der Waals surface area contributed by atoms with Crippen LogP contribution in [-0.2, 0) is 11.3 Å². The standard InChI is InChI=1S/C20H24FN3O2/c1-13-4-5-16(10-18(13)21)20(25)24-8-6-15(7-9-24)19-17(12-26-3)11-22-14(2)23-19/h4-5,10-11,15H,6-9,12H2,1-3H3. The van der Waals surface area contributed by atoms with Gasteiger partial charge in [-0.1, -0.05) is 6.07 Å². The normalized spacial score (nSPS) is 15.3. The summed E-state index contributed by atoms with van der Waals surface area (Å²) in [6.07, 6.45) is 3.48. The van der Waals surface area contributed by atoms with Gasteiger partial charge in [0.2, 0.25) is 0 Å². The molecule has 2 aromatic rings. The molecule has 1 aliphatic heterocycles. The monoisotopic (exact) mass is 357 g/mol. The molecule has 0 N–H and O–H groups in total. The van der Waals surface area contributed by atoms with E-state index in [1.807, 2.05) is 13.1 Å². The predicted molar refractivity (Wildman–Crippen MR) is 96.5 cm³/mol. The number of halogens is 1. The number of methoxy groups -OCH3 is 1. The van der Waals surface area contributed by atoms with Gasteiger partial charge in [0.25, 0.3) is 5.91 Å². The van der Waals surface area contributed by atoms with E-state index in [4.69, 9.17) is 4.74 Å². The molecule has 6 heteroatoms. The maximum absolute atomic E-state index is 13.7. The summed E-state index contributed by atoms with van der Waals surface area (Å²) in [5, 5.41) is 0. The zero-order chi connectivity index (χ0) is 18.7. The van der Waals surface area contributed by atoms with E-state index in [1.54, 1.807) is 31.1 Å². The van der Waals surface area contributed by atoms with Crippen molar-refractivity contribution in [1.29, 1.82) is 0 Å². The average Bonchev–Trinajstić information content (AvgIpc) is 2.65. The first kappa shape index (κ1) is 18.5. The Hall–Kier alpha value is -2.34. The summed E-state index contributed by atoms with van der Waals surface area (Å²) in [7, 11) is 1.66. The highest BCUT2D eigenvalue weighted by Gasteiger charge is 2.27. The van der Waals surface area contributed by atoms with Gasteiger partial charge in [-0.05, 0) is 44.4 Å². The van der Waals surface area contributed by atoms with Crippen molar-refractivity contribution in [2.45, 2.75) is 39.2 Å². The number of aryl methyl sites for hydroxylation is 2. The minimum Gasteiger partial charge on any atom is -0.380 e. The summed E-state index contributed by atoms with van der Waals surface area (Å²) in [4.78, 5) is 23.3. The molecule has 3 rings (SSSR count). The van der Waals surface area contributed by atoms with Crippen molar-refractivity contribution >= 4 is 5.91 Å². The van der Waals surface area contributed by atoms with Crippen LogP contribution in [0.15, 0.2) is 24.4 Å². The lowest BCUT2D eigenvalue weighted by Gasteiger charge is -2.32. The smallest absolute Gasteiger partial charge is 0.253 e. The predicted octanol–water partition coefficient (Wildman–Crippen LogP) is 3.40. The molecule has 26 heavy (non-hydrogen) atoms. The van der Waals surface area contributed by atoms with E-state index in [-0.39, 0.29) is 17.6 Å². The second-order valence-electron chi connectivity index (χ2n) is 6.79. The second-order valence-corrected chi connectivity index (χ2v) is 6.79. The van der Waals surface area contributed by atoms with E-state index < -0.39 is 0 Å². The molecule has 0 unspecified atom stereocenters. The summed E-state index contributed by atoms with van der Waals surface area (Å²) in [6.45, 7) is 5.32. The largest absolute Gasteiger partial charge is 0.380 e. The van der Waals surface area contributed by atoms with Crippen molar-refractivity contribution in [3.63, 3.8) is 0 Å². The Morgan fingerprint density at radius 3 is 2.69 bits per heavy atom. The zero-order valence-corrected chi connectivity index (χ0v) is 15.5. The lowest BCUT2D eigenvalue weighted by Crippen LogP contribution is -2.38. The first-order valence-corrected chi connectivity index (χ1v) is 8.86. The molecule has 0 atom stereocenters. The van der Waals surface area contributed by atoms with Crippen molar-refractivity contribution < 1.29 is 13.9 Å². The number of hydrogen-bond donors (Lipinski definition) is 0. The Morgan fingerprint density at radius 2 is 2.04 bits per heavy atom. The summed E-state index contributed by atoms with van der Waals surface area (Å²) < 4.78 is 19.0. The van der Waals surface area contributed by atoms with Gasteiger partial charge in [0.15, 0.2) is 0 Å². The van der Waals surface area contributed by atoms with Crippen LogP contribution >= 0.6 is 0 Å². The van der Waals surface area contributed by atoms with Crippen LogP contribution < -0.4 is 0 Å². The zero-order valence-electron chi connectivity index (χ0n) is 15.5. The molecule has 5 nitrogen and oxygen atoms in total. The number of nitrogens with zero attached hydrogens (tertiary/aromatic N) is 3. The van der Waals surface area contributed by atoms with Crippen LogP contribution in [0.5, 0.6) is 0 Å². The van der Waals surface area contributed by atoms with E-state index in [0.29, 0.717) is 30.8 Å². The Balaban J connectivity index is 1.70. The fraction of sp³-hybridized carbons (Fsp3) is 0.450. The quantitative estimate of drug-likeness (QED) is 0.842. The van der Waals surface area contributed by atoms with Crippen molar-refractivity contribution in [3.8, 4) is 0 Å². The summed E-state index contributed by atoms with van der Waals surface area (Å²) in [6, 6.07) is 4.67. The highest BCUT2D eigenvalue weighted by atomic mass is 19.1. The Bertz CT molecular complexity index is 802. The summed E-state index contributed by atoms with van der Waals surface area (Å²) in [5.41, 5.74) is 2.98. The maximum atomic E-state index is 13.7. The van der Waals surface area contributed by atoms with Crippen molar-refractivity contribution in [3.05, 3.63) is 58.4 Å². The highest BCUT2D eigenvalue weighted by Crippen LogP contribution is 2.30. The third kappa shape index (κ3) is 3.90. The summed E-state index contributed by atoms with van der Waals surface area (Å²) in [5.74, 6) is 0.568. The first-order valence-electron chi connectivity index (χ1n) is 8.86. The molecule has 0 aliphatic carbocycles. The minimum absolute atomic E-state index is 0.113. The molecule has 0 saturated carbocycles. The molecule has 1 aromatic carbocycles. The van der Waals surface area contributed by atoms with E-state index in [1.165, 1.54) is 6.07 Å². The number of rotatable bonds is 4. The van der Waals surface area contributed by atoms with Gasteiger partial charge in [-0.2, -0.15) is 0 Å². The molecule has 1 fully saturated rings. The number of piperidine rings is 1. The summed E-state index contributed by atoms with van der Waals surface area (Å²) >= 11 is 0. The van der Waals surface area contributed by atoms with Gasteiger partial charge >= 0.3 is 0 Å². The van der Waals surface area contributed by atoms with Crippen LogP contribution in [0.3, 0.4) is 0 Å². The van der Waals surface area contributed by atoms with Gasteiger partial charge < -0.3 is 9.64 Å². The van der Waals surface area contributed by atoms with Crippen molar-refractivity contribution in [2.75, 3.05) is 20.2 Å². The van der Waals surface area contributed by atoms with Crippen LogP contribution in [0.2, 0.25) is 0 Å². The Morgan fingerprint density at radius 1 is 1.31 bits per heavy atom. The van der Waals surface area contributed by atoms with Crippen molar-refractivity contribution in [2.24, 2.45) is 0 Å². The molecule has 2 heterocycles. The number of carbonyl (C=O) groups is 1. The van der Waals surface area contributed by atoms with E-state index >= 15 is 0 Å². The van der Waals surface area contributed by atoms with E-state index in [2.05, 4.69) is 9.97 Å². The number of likely N-dealkylation sites (tertiary alicyclic amines) is 1. The number of ether oxygens (including phenoxy) is 1. The first-order chi connectivity index (χ1) is 12.5. The Labute approximate surface area is 153 Å². The molecule has 0 bridgehead atoms. The van der Waals surface area contributed by atoms with E-state index in [0.717, 1.165) is 29.9 Å². The SMILES string of the molecule is COCc1cnc(C)nc1C1CCN(C(=O)c2ccc(C)c(F)c2)CC1. The molecule has 1 aromatic heterocycles. The van der Waals surface area contributed by atoms with Crippen LogP contribution in [0.25, 0.3) is 0 Å². The van der Waals surface area contributed by atoms with Gasteiger partial charge in [0.1, 0.15) is 11.6 Å². The Kier molecular flexibility index (Phi) is 5.61. The number of amides is 1. The number of hydrogen-bond acceptors (Lipinski definition) is 4. The second kappa shape index (κ2) is 7.91. The molecule has 0 spiro atoms. The van der Waals surface area contributed by atoms with Crippen LogP contribution in [0.4, 0.5) is 4.39 Å². The molecular weight excluding hydrogens is 333 g/mol. The number of benzene rings is 1. The third-order valence-corrected chi connectivity index (χ3v) is 4.91. The molecule has 1 aliphatic rings. The number of aromatic nitrogens is 2. The molecule has 1 saturated heterocycles. The van der Waals surface area contributed by atoms with Gasteiger partial charge in [-0.25, -0.2) is 14.4 Å². The van der Waals surface area contributed by atoms with Gasteiger partial charge in [0.05, 0.1) is 12.3 Å². The molecule has 1 amide bonds. The molecule has 138 valence electrons. The molecular formula is C20H24FN3O2. The van der Waals surface area contributed by atoms with Crippen LogP contribution in [0, 0.1) is 19.7 Å². The van der Waals surface area contributed by atoms with Gasteiger partial charge in [-0.15, -0.1) is 0 Å². The average molecular weight is 357 g/mol. The lowest BCUT2D eigenvalue weighted by molar-refractivity contribution is 0.0710. The lowest BCUT2D eigenvalue weighted by atomic mass is 9.90. The molecule has 0 radical (unpaired) electrons. The maximum Gasteiger partial charge on any atom is 0.253 e. The van der Waals surface area contributed by atoms with Gasteiger partial charge in [0, 0.05) is 43.4 Å². The van der Waals surface area contributed by atoms with Crippen LogP contribution in [-0.4, -0.2) is 41.0 Å². The fourth-order valence-electron chi connectivity index (χ4n) is 3.40. The van der Waals surface area contributed by atoms with Crippen molar-refractivity contribution in [1.82, 2.24) is 14.9 Å². The van der Waals surface area contributed by atoms with Crippen LogP contribution in [0.1, 0.15) is 51.8 Å². The van der Waals surface area contributed by atoms with E-state index in [9.17, 15) is 9.18 Å². The minimum atomic E-state index is -0.341. The third-order valence-electron chi connectivity index (χ3n) is 4.91. The fourth-order valence-corrected chi connectivity index (χ4v) is 3.40. The highest BCUT2D eigenvalue weighted by molar-refractivity contribution is 5.94. The topological polar surface area (TPSA) is 55.3 Å².